The molecule has 0 aliphatic carbocycles. The van der Waals surface area contributed by atoms with Crippen LogP contribution in [0.15, 0.2) is 42.5 Å². The standard InChI is InChI=1S/C19H19ClFN3OS/c1-23(2)11-6-12-24(18(25)13-7-3-4-8-14(13)20)19-22-17-15(21)9-5-10-16(17)26-19/h3-5,7-10H,6,11-12H2,1-2H3. The molecule has 3 rings (SSSR count). The number of thiazole rings is 1. The number of aromatic nitrogens is 1. The smallest absolute Gasteiger partial charge is 0.261 e. The third-order valence-corrected chi connectivity index (χ3v) is 5.30. The van der Waals surface area contributed by atoms with Gasteiger partial charge < -0.3 is 4.90 Å². The summed E-state index contributed by atoms with van der Waals surface area (Å²) in [5.41, 5.74) is 0.704. The van der Waals surface area contributed by atoms with Gasteiger partial charge in [0.1, 0.15) is 11.3 Å². The number of benzene rings is 2. The minimum atomic E-state index is -0.386. The zero-order valence-corrected chi connectivity index (χ0v) is 16.1. The van der Waals surface area contributed by atoms with E-state index in [0.29, 0.717) is 27.0 Å². The quantitative estimate of drug-likeness (QED) is 0.611. The lowest BCUT2D eigenvalue weighted by Gasteiger charge is -2.21. The fourth-order valence-electron chi connectivity index (χ4n) is 2.63. The van der Waals surface area contributed by atoms with E-state index in [-0.39, 0.29) is 17.2 Å². The van der Waals surface area contributed by atoms with Crippen molar-refractivity contribution in [2.45, 2.75) is 6.42 Å². The number of carbonyl (C=O) groups is 1. The van der Waals surface area contributed by atoms with Gasteiger partial charge in [-0.2, -0.15) is 0 Å². The summed E-state index contributed by atoms with van der Waals surface area (Å²) in [6.07, 6.45) is 0.765. The molecule has 0 bridgehead atoms. The lowest BCUT2D eigenvalue weighted by Crippen LogP contribution is -2.33. The van der Waals surface area contributed by atoms with Gasteiger partial charge in [0.25, 0.3) is 5.91 Å². The first-order valence-corrected chi connectivity index (χ1v) is 9.43. The van der Waals surface area contributed by atoms with Crippen LogP contribution in [0.2, 0.25) is 5.02 Å². The Morgan fingerprint density at radius 2 is 1.92 bits per heavy atom. The topological polar surface area (TPSA) is 36.4 Å². The average molecular weight is 392 g/mol. The molecule has 1 amide bonds. The number of nitrogens with zero attached hydrogens (tertiary/aromatic N) is 3. The summed E-state index contributed by atoms with van der Waals surface area (Å²) >= 11 is 7.51. The summed E-state index contributed by atoms with van der Waals surface area (Å²) in [5.74, 6) is -0.614. The van der Waals surface area contributed by atoms with Gasteiger partial charge in [0.15, 0.2) is 5.13 Å². The van der Waals surface area contributed by atoms with Crippen LogP contribution in [0.4, 0.5) is 9.52 Å². The molecule has 2 aromatic carbocycles. The van der Waals surface area contributed by atoms with Crippen molar-refractivity contribution in [3.05, 3.63) is 58.9 Å². The zero-order valence-electron chi connectivity index (χ0n) is 14.6. The van der Waals surface area contributed by atoms with Gasteiger partial charge in [-0.05, 0) is 51.3 Å². The van der Waals surface area contributed by atoms with Crippen molar-refractivity contribution in [2.75, 3.05) is 32.1 Å². The lowest BCUT2D eigenvalue weighted by molar-refractivity contribution is 0.0986. The predicted molar refractivity (Wildman–Crippen MR) is 106 cm³/mol. The molecule has 0 saturated heterocycles. The molecule has 1 heterocycles. The van der Waals surface area contributed by atoms with Crippen LogP contribution in [-0.4, -0.2) is 43.0 Å². The molecule has 0 atom stereocenters. The zero-order chi connectivity index (χ0) is 18.7. The van der Waals surface area contributed by atoms with Crippen molar-refractivity contribution in [1.82, 2.24) is 9.88 Å². The summed E-state index contributed by atoms with van der Waals surface area (Å²) in [4.78, 5) is 21.1. The molecule has 0 saturated carbocycles. The predicted octanol–water partition coefficient (Wildman–Crippen LogP) is 4.69. The third kappa shape index (κ3) is 4.03. The van der Waals surface area contributed by atoms with Crippen LogP contribution >= 0.6 is 22.9 Å². The average Bonchev–Trinajstić information content (AvgIpc) is 3.03. The Hall–Kier alpha value is -2.02. The molecule has 136 valence electrons. The van der Waals surface area contributed by atoms with Crippen LogP contribution in [0.5, 0.6) is 0 Å². The molecular formula is C19H19ClFN3OS. The van der Waals surface area contributed by atoms with Crippen molar-refractivity contribution in [3.8, 4) is 0 Å². The van der Waals surface area contributed by atoms with E-state index in [0.717, 1.165) is 13.0 Å². The van der Waals surface area contributed by atoms with Gasteiger partial charge in [-0.25, -0.2) is 9.37 Å². The number of fused-ring (bicyclic) bond motifs is 1. The molecule has 0 aliphatic heterocycles. The first kappa shape index (κ1) is 18.8. The molecule has 26 heavy (non-hydrogen) atoms. The number of hydrogen-bond acceptors (Lipinski definition) is 4. The minimum Gasteiger partial charge on any atom is -0.309 e. The van der Waals surface area contributed by atoms with Crippen LogP contribution < -0.4 is 4.90 Å². The Balaban J connectivity index is 1.97. The second-order valence-corrected chi connectivity index (χ2v) is 7.59. The highest BCUT2D eigenvalue weighted by Gasteiger charge is 2.23. The van der Waals surface area contributed by atoms with Crippen molar-refractivity contribution in [3.63, 3.8) is 0 Å². The number of amides is 1. The lowest BCUT2D eigenvalue weighted by atomic mass is 10.2. The summed E-state index contributed by atoms with van der Waals surface area (Å²) in [6.45, 7) is 1.30. The number of anilines is 1. The Labute approximate surface area is 160 Å². The molecule has 4 nitrogen and oxygen atoms in total. The molecule has 0 spiro atoms. The van der Waals surface area contributed by atoms with Crippen molar-refractivity contribution >= 4 is 44.2 Å². The fraction of sp³-hybridized carbons (Fsp3) is 0.263. The van der Waals surface area contributed by atoms with Gasteiger partial charge in [-0.15, -0.1) is 0 Å². The Bertz CT molecular complexity index is 928. The number of hydrogen-bond donors (Lipinski definition) is 0. The fourth-order valence-corrected chi connectivity index (χ4v) is 3.85. The van der Waals surface area contributed by atoms with E-state index in [4.69, 9.17) is 11.6 Å². The maximum atomic E-state index is 14.0. The molecule has 0 radical (unpaired) electrons. The molecule has 7 heteroatoms. The summed E-state index contributed by atoms with van der Waals surface area (Å²) in [5, 5.41) is 0.871. The van der Waals surface area contributed by atoms with Crippen molar-refractivity contribution < 1.29 is 9.18 Å². The first-order chi connectivity index (χ1) is 12.5. The summed E-state index contributed by atoms with van der Waals surface area (Å²) < 4.78 is 14.7. The number of para-hydroxylation sites is 1. The van der Waals surface area contributed by atoms with Crippen LogP contribution in [-0.2, 0) is 0 Å². The molecule has 0 aliphatic rings. The highest BCUT2D eigenvalue weighted by Crippen LogP contribution is 2.32. The Kier molecular flexibility index (Phi) is 5.86. The van der Waals surface area contributed by atoms with Crippen molar-refractivity contribution in [1.29, 1.82) is 0 Å². The second-order valence-electron chi connectivity index (χ2n) is 6.18. The normalized spacial score (nSPS) is 11.3. The van der Waals surface area contributed by atoms with Gasteiger partial charge in [0.2, 0.25) is 0 Å². The maximum Gasteiger partial charge on any atom is 0.261 e. The molecule has 1 aromatic heterocycles. The second kappa shape index (κ2) is 8.12. The maximum absolute atomic E-state index is 14.0. The molecule has 0 unspecified atom stereocenters. The minimum absolute atomic E-state index is 0.228. The SMILES string of the molecule is CN(C)CCCN(C(=O)c1ccccc1Cl)c1nc2c(F)cccc2s1. The van der Waals surface area contributed by atoms with Gasteiger partial charge in [-0.3, -0.25) is 9.69 Å². The van der Waals surface area contributed by atoms with Crippen LogP contribution in [0.3, 0.4) is 0 Å². The monoisotopic (exact) mass is 391 g/mol. The number of carbonyl (C=O) groups excluding carboxylic acids is 1. The largest absolute Gasteiger partial charge is 0.309 e. The highest BCUT2D eigenvalue weighted by atomic mass is 35.5. The summed E-state index contributed by atoms with van der Waals surface area (Å²) in [7, 11) is 3.96. The summed E-state index contributed by atoms with van der Waals surface area (Å²) in [6, 6.07) is 11.8. The van der Waals surface area contributed by atoms with E-state index in [1.54, 1.807) is 41.3 Å². The number of rotatable bonds is 6. The van der Waals surface area contributed by atoms with E-state index in [9.17, 15) is 9.18 Å². The van der Waals surface area contributed by atoms with E-state index in [1.807, 2.05) is 14.1 Å². The van der Waals surface area contributed by atoms with E-state index in [2.05, 4.69) is 9.88 Å². The molecule has 0 N–H and O–H groups in total. The van der Waals surface area contributed by atoms with E-state index < -0.39 is 0 Å². The van der Waals surface area contributed by atoms with Gasteiger partial charge in [-0.1, -0.05) is 41.1 Å². The van der Waals surface area contributed by atoms with E-state index >= 15 is 0 Å². The van der Waals surface area contributed by atoms with Gasteiger partial charge in [0.05, 0.1) is 15.3 Å². The first-order valence-electron chi connectivity index (χ1n) is 8.23. The highest BCUT2D eigenvalue weighted by molar-refractivity contribution is 7.22. The molecular weight excluding hydrogens is 373 g/mol. The molecule has 0 fully saturated rings. The Morgan fingerprint density at radius 1 is 1.15 bits per heavy atom. The van der Waals surface area contributed by atoms with E-state index in [1.165, 1.54) is 17.4 Å². The third-order valence-electron chi connectivity index (χ3n) is 3.93. The van der Waals surface area contributed by atoms with Crippen LogP contribution in [0.25, 0.3) is 10.2 Å². The van der Waals surface area contributed by atoms with Crippen LogP contribution in [0, 0.1) is 5.82 Å². The number of halogens is 2. The Morgan fingerprint density at radius 3 is 2.62 bits per heavy atom. The van der Waals surface area contributed by atoms with Crippen molar-refractivity contribution in [2.24, 2.45) is 0 Å². The van der Waals surface area contributed by atoms with Gasteiger partial charge >= 0.3 is 0 Å². The van der Waals surface area contributed by atoms with Crippen LogP contribution in [0.1, 0.15) is 16.8 Å². The van der Waals surface area contributed by atoms with Gasteiger partial charge in [0, 0.05) is 6.54 Å². The molecule has 3 aromatic rings.